The summed E-state index contributed by atoms with van der Waals surface area (Å²) in [7, 11) is 0. The number of hydrogen-bond donors (Lipinski definition) is 3. The minimum atomic E-state index is -4.48. The highest BCUT2D eigenvalue weighted by molar-refractivity contribution is 6.04. The second kappa shape index (κ2) is 10.0. The van der Waals surface area contributed by atoms with E-state index in [0.717, 1.165) is 17.7 Å². The maximum absolute atomic E-state index is 12.8. The highest BCUT2D eigenvalue weighted by Gasteiger charge is 2.30. The lowest BCUT2D eigenvalue weighted by Crippen LogP contribution is -2.14. The number of nitrogens with one attached hydrogen (secondary N) is 2. The Balaban J connectivity index is 0.00000320. The van der Waals surface area contributed by atoms with E-state index in [9.17, 15) is 18.0 Å². The van der Waals surface area contributed by atoms with E-state index in [2.05, 4.69) is 20.6 Å². The molecule has 0 radical (unpaired) electrons. The summed E-state index contributed by atoms with van der Waals surface area (Å²) in [6, 6.07) is 13.0. The van der Waals surface area contributed by atoms with Gasteiger partial charge in [-0.15, -0.1) is 12.4 Å². The van der Waals surface area contributed by atoms with Gasteiger partial charge in [0.15, 0.2) is 0 Å². The number of rotatable bonds is 6. The van der Waals surface area contributed by atoms with Crippen LogP contribution in [0.3, 0.4) is 0 Å². The molecule has 0 spiro atoms. The zero-order chi connectivity index (χ0) is 20.9. The summed E-state index contributed by atoms with van der Waals surface area (Å²) in [6.45, 7) is 0.689. The topological polar surface area (TPSA) is 92.9 Å². The van der Waals surface area contributed by atoms with Crippen molar-refractivity contribution < 1.29 is 18.0 Å². The Hall–Kier alpha value is -3.17. The number of alkyl halides is 3. The van der Waals surface area contributed by atoms with Gasteiger partial charge in [-0.1, -0.05) is 18.2 Å². The molecule has 0 saturated carbocycles. The molecule has 6 nitrogen and oxygen atoms in total. The van der Waals surface area contributed by atoms with Gasteiger partial charge in [0.1, 0.15) is 12.1 Å². The summed E-state index contributed by atoms with van der Waals surface area (Å²) >= 11 is 0. The number of nitrogens with zero attached hydrogens (tertiary/aromatic N) is 2. The first-order valence-corrected chi connectivity index (χ1v) is 8.67. The molecule has 0 fully saturated rings. The van der Waals surface area contributed by atoms with Crippen LogP contribution in [0.15, 0.2) is 60.9 Å². The average Bonchev–Trinajstić information content (AvgIpc) is 2.72. The van der Waals surface area contributed by atoms with Gasteiger partial charge < -0.3 is 16.4 Å². The zero-order valence-electron chi connectivity index (χ0n) is 15.6. The minimum absolute atomic E-state index is 0. The van der Waals surface area contributed by atoms with Crippen LogP contribution in [0.2, 0.25) is 0 Å². The van der Waals surface area contributed by atoms with Crippen molar-refractivity contribution in [2.45, 2.75) is 19.3 Å². The van der Waals surface area contributed by atoms with E-state index < -0.39 is 17.6 Å². The number of anilines is 2. The Morgan fingerprint density at radius 2 is 1.80 bits per heavy atom. The predicted octanol–water partition coefficient (Wildman–Crippen LogP) is 4.24. The van der Waals surface area contributed by atoms with Crippen LogP contribution in [0.1, 0.15) is 27.2 Å². The summed E-state index contributed by atoms with van der Waals surface area (Å²) in [6.07, 6.45) is -3.07. The molecule has 0 unspecified atom stereocenters. The Morgan fingerprint density at radius 1 is 1.03 bits per heavy atom. The van der Waals surface area contributed by atoms with Gasteiger partial charge in [-0.05, 0) is 35.9 Å². The SMILES string of the molecule is Cl.NCc1cc(NCc2cccc(C(=O)Nc3cccc(C(F)(F)F)c3)c2)ncn1. The van der Waals surface area contributed by atoms with E-state index in [1.807, 2.05) is 6.07 Å². The molecule has 3 aromatic rings. The van der Waals surface area contributed by atoms with Crippen LogP contribution in [0.4, 0.5) is 24.7 Å². The van der Waals surface area contributed by atoms with Crippen LogP contribution in [-0.2, 0) is 19.3 Å². The molecule has 2 aromatic carbocycles. The summed E-state index contributed by atoms with van der Waals surface area (Å²) in [4.78, 5) is 20.5. The van der Waals surface area contributed by atoms with Crippen molar-refractivity contribution in [2.75, 3.05) is 10.6 Å². The number of benzene rings is 2. The average molecular weight is 438 g/mol. The molecule has 0 bridgehead atoms. The highest BCUT2D eigenvalue weighted by atomic mass is 35.5. The molecule has 0 aliphatic rings. The number of aromatic nitrogens is 2. The van der Waals surface area contributed by atoms with E-state index in [1.54, 1.807) is 24.3 Å². The summed E-state index contributed by atoms with van der Waals surface area (Å²) < 4.78 is 38.5. The van der Waals surface area contributed by atoms with E-state index in [0.29, 0.717) is 30.2 Å². The van der Waals surface area contributed by atoms with E-state index >= 15 is 0 Å². The van der Waals surface area contributed by atoms with Crippen molar-refractivity contribution >= 4 is 29.8 Å². The lowest BCUT2D eigenvalue weighted by Gasteiger charge is -2.11. The van der Waals surface area contributed by atoms with Crippen molar-refractivity contribution in [2.24, 2.45) is 5.73 Å². The number of nitrogens with two attached hydrogens (primary N) is 1. The van der Waals surface area contributed by atoms with Gasteiger partial charge in [-0.2, -0.15) is 13.2 Å². The maximum Gasteiger partial charge on any atom is 0.416 e. The molecular weight excluding hydrogens is 419 g/mol. The largest absolute Gasteiger partial charge is 0.416 e. The molecular formula is C20H19ClF3N5O. The monoisotopic (exact) mass is 437 g/mol. The molecule has 158 valence electrons. The molecule has 1 aromatic heterocycles. The third-order valence-electron chi connectivity index (χ3n) is 4.04. The van der Waals surface area contributed by atoms with Gasteiger partial charge in [-0.25, -0.2) is 9.97 Å². The minimum Gasteiger partial charge on any atom is -0.366 e. The third kappa shape index (κ3) is 6.16. The zero-order valence-corrected chi connectivity index (χ0v) is 16.4. The van der Waals surface area contributed by atoms with E-state index in [4.69, 9.17) is 5.73 Å². The van der Waals surface area contributed by atoms with Crippen LogP contribution in [0.25, 0.3) is 0 Å². The van der Waals surface area contributed by atoms with Gasteiger partial charge >= 0.3 is 6.18 Å². The molecule has 1 amide bonds. The first-order chi connectivity index (χ1) is 13.8. The van der Waals surface area contributed by atoms with Crippen LogP contribution in [0.5, 0.6) is 0 Å². The van der Waals surface area contributed by atoms with Gasteiger partial charge in [0.05, 0.1) is 11.3 Å². The number of hydrogen-bond acceptors (Lipinski definition) is 5. The Bertz CT molecular complexity index is 1010. The Labute approximate surface area is 177 Å². The molecule has 0 atom stereocenters. The Kier molecular flexibility index (Phi) is 7.73. The molecule has 30 heavy (non-hydrogen) atoms. The molecule has 10 heteroatoms. The first-order valence-electron chi connectivity index (χ1n) is 8.67. The second-order valence-corrected chi connectivity index (χ2v) is 6.19. The van der Waals surface area contributed by atoms with Gasteiger partial charge in [0, 0.05) is 30.4 Å². The molecule has 0 aliphatic heterocycles. The quantitative estimate of drug-likeness (QED) is 0.536. The van der Waals surface area contributed by atoms with Gasteiger partial charge in [0.25, 0.3) is 5.91 Å². The molecule has 4 N–H and O–H groups in total. The van der Waals surface area contributed by atoms with Crippen molar-refractivity contribution in [3.05, 3.63) is 83.3 Å². The highest BCUT2D eigenvalue weighted by Crippen LogP contribution is 2.30. The standard InChI is InChI=1S/C20H18F3N5O.ClH/c21-20(22,23)15-5-2-6-16(8-15)28-19(29)14-4-1-3-13(7-14)11-25-18-9-17(10-24)26-12-27-18;/h1-9,12H,10-11,24H2,(H,28,29)(H,25,26,27);1H. The smallest absolute Gasteiger partial charge is 0.366 e. The number of carbonyl (C=O) groups excluding carboxylic acids is 1. The van der Waals surface area contributed by atoms with Crippen LogP contribution < -0.4 is 16.4 Å². The van der Waals surface area contributed by atoms with Crippen molar-refractivity contribution in [3.8, 4) is 0 Å². The first kappa shape index (κ1) is 23.1. The predicted molar refractivity (Wildman–Crippen MR) is 110 cm³/mol. The summed E-state index contributed by atoms with van der Waals surface area (Å²) in [5.74, 6) is 0.0953. The normalized spacial score (nSPS) is 10.8. The maximum atomic E-state index is 12.8. The van der Waals surface area contributed by atoms with Crippen LogP contribution in [-0.4, -0.2) is 15.9 Å². The molecule has 0 saturated heterocycles. The van der Waals surface area contributed by atoms with E-state index in [-0.39, 0.29) is 18.1 Å². The van der Waals surface area contributed by atoms with Crippen molar-refractivity contribution in [3.63, 3.8) is 0 Å². The Morgan fingerprint density at radius 3 is 2.53 bits per heavy atom. The van der Waals surface area contributed by atoms with Crippen molar-refractivity contribution in [1.29, 1.82) is 0 Å². The second-order valence-electron chi connectivity index (χ2n) is 6.19. The van der Waals surface area contributed by atoms with Crippen LogP contribution >= 0.6 is 12.4 Å². The van der Waals surface area contributed by atoms with Crippen LogP contribution in [0, 0.1) is 0 Å². The lowest BCUT2D eigenvalue weighted by molar-refractivity contribution is -0.137. The molecule has 1 heterocycles. The number of carbonyl (C=O) groups is 1. The fraction of sp³-hybridized carbons (Fsp3) is 0.150. The fourth-order valence-corrected chi connectivity index (χ4v) is 2.60. The lowest BCUT2D eigenvalue weighted by atomic mass is 10.1. The number of amides is 1. The third-order valence-corrected chi connectivity index (χ3v) is 4.04. The molecule has 3 rings (SSSR count). The summed E-state index contributed by atoms with van der Waals surface area (Å²) in [5, 5.41) is 5.61. The van der Waals surface area contributed by atoms with Gasteiger partial charge in [-0.3, -0.25) is 4.79 Å². The van der Waals surface area contributed by atoms with Gasteiger partial charge in [0.2, 0.25) is 0 Å². The van der Waals surface area contributed by atoms with E-state index in [1.165, 1.54) is 18.5 Å². The summed E-state index contributed by atoms with van der Waals surface area (Å²) in [5.41, 5.74) is 6.62. The molecule has 0 aliphatic carbocycles. The van der Waals surface area contributed by atoms with Crippen molar-refractivity contribution in [1.82, 2.24) is 9.97 Å². The fourth-order valence-electron chi connectivity index (χ4n) is 2.60. The number of halogens is 4.